The molecule has 116 valence electrons. The van der Waals surface area contributed by atoms with Gasteiger partial charge in [-0.3, -0.25) is 4.79 Å². The van der Waals surface area contributed by atoms with Crippen LogP contribution in [0.2, 0.25) is 0 Å². The normalized spacial score (nSPS) is 21.2. The summed E-state index contributed by atoms with van der Waals surface area (Å²) in [4.78, 5) is 24.1. The molecule has 1 aromatic rings. The van der Waals surface area contributed by atoms with E-state index in [-0.39, 0.29) is 0 Å². The van der Waals surface area contributed by atoms with Gasteiger partial charge in [0.2, 0.25) is 11.4 Å². The van der Waals surface area contributed by atoms with E-state index in [4.69, 9.17) is 5.11 Å². The van der Waals surface area contributed by atoms with E-state index < -0.39 is 29.5 Å². The van der Waals surface area contributed by atoms with Gasteiger partial charge in [0.05, 0.1) is 5.92 Å². The van der Waals surface area contributed by atoms with E-state index in [0.717, 1.165) is 11.3 Å². The molecule has 0 radical (unpaired) electrons. The van der Waals surface area contributed by atoms with Crippen LogP contribution in [0.5, 0.6) is 0 Å². The third kappa shape index (κ3) is 2.76. The van der Waals surface area contributed by atoms with Gasteiger partial charge in [-0.25, -0.2) is 4.79 Å². The molecule has 0 saturated heterocycles. The number of amides is 1. The Morgan fingerprint density at radius 1 is 1.43 bits per heavy atom. The van der Waals surface area contributed by atoms with Gasteiger partial charge in [0.1, 0.15) is 0 Å². The van der Waals surface area contributed by atoms with Crippen molar-refractivity contribution in [3.05, 3.63) is 21.9 Å². The number of alkyl halides is 3. The number of aliphatic carboxylic acids is 1. The molecule has 21 heavy (non-hydrogen) atoms. The lowest BCUT2D eigenvalue weighted by molar-refractivity contribution is -0.207. The number of hydrogen-bond acceptors (Lipinski definition) is 3. The zero-order chi connectivity index (χ0) is 15.8. The molecule has 0 fully saturated rings. The van der Waals surface area contributed by atoms with Crippen molar-refractivity contribution < 1.29 is 27.9 Å². The first-order valence-electron chi connectivity index (χ1n) is 6.35. The summed E-state index contributed by atoms with van der Waals surface area (Å²) in [5.74, 6) is -3.73. The maximum atomic E-state index is 12.9. The highest BCUT2D eigenvalue weighted by Gasteiger charge is 2.58. The van der Waals surface area contributed by atoms with Crippen molar-refractivity contribution in [1.82, 2.24) is 5.32 Å². The average molecular weight is 321 g/mol. The van der Waals surface area contributed by atoms with Gasteiger partial charge in [0, 0.05) is 4.88 Å². The summed E-state index contributed by atoms with van der Waals surface area (Å²) in [6, 6.07) is 1.72. The lowest BCUT2D eigenvalue weighted by Crippen LogP contribution is -2.62. The number of nitrogens with one attached hydrogen (secondary N) is 1. The minimum atomic E-state index is -5.07. The minimum Gasteiger partial charge on any atom is -0.479 e. The van der Waals surface area contributed by atoms with Crippen LogP contribution >= 0.6 is 11.3 Å². The molecule has 1 aliphatic rings. The smallest absolute Gasteiger partial charge is 0.422 e. The summed E-state index contributed by atoms with van der Waals surface area (Å²) in [5.41, 5.74) is -2.57. The number of carbonyl (C=O) groups excluding carboxylic acids is 1. The van der Waals surface area contributed by atoms with Crippen molar-refractivity contribution in [1.29, 1.82) is 0 Å². The highest BCUT2D eigenvalue weighted by atomic mass is 32.1. The molecule has 2 atom stereocenters. The predicted octanol–water partition coefficient (Wildman–Crippen LogP) is 2.69. The molecule has 1 heterocycles. The van der Waals surface area contributed by atoms with E-state index in [2.05, 4.69) is 0 Å². The molecule has 1 aliphatic carbocycles. The number of hydrogen-bond donors (Lipinski definition) is 2. The molecule has 4 nitrogen and oxygen atoms in total. The SMILES string of the molecule is CC(NC(=O)C1CCCc2sccc21)(C(=O)O)C(F)(F)F. The van der Waals surface area contributed by atoms with Gasteiger partial charge in [0.15, 0.2) is 0 Å². The molecule has 2 unspecified atom stereocenters. The summed E-state index contributed by atoms with van der Waals surface area (Å²) in [5, 5.41) is 12.3. The van der Waals surface area contributed by atoms with Crippen LogP contribution in [-0.4, -0.2) is 28.7 Å². The summed E-state index contributed by atoms with van der Waals surface area (Å²) >= 11 is 1.46. The standard InChI is InChI=1S/C13H14F3NO3S/c1-12(11(19)20,13(14,15)16)17-10(18)8-3-2-4-9-7(8)5-6-21-9/h5-6,8H,2-4H2,1H3,(H,17,18)(H,19,20). The average Bonchev–Trinajstić information content (AvgIpc) is 2.84. The molecule has 0 aromatic carbocycles. The van der Waals surface area contributed by atoms with Crippen LogP contribution in [0.25, 0.3) is 0 Å². The van der Waals surface area contributed by atoms with Crippen molar-refractivity contribution in [3.63, 3.8) is 0 Å². The summed E-state index contributed by atoms with van der Waals surface area (Å²) in [6.45, 7) is 0.463. The Bertz CT molecular complexity index is 569. The first kappa shape index (κ1) is 15.8. The van der Waals surface area contributed by atoms with Gasteiger partial charge in [-0.2, -0.15) is 13.2 Å². The second kappa shape index (κ2) is 5.32. The van der Waals surface area contributed by atoms with Gasteiger partial charge in [0.25, 0.3) is 0 Å². The third-order valence-electron chi connectivity index (χ3n) is 3.74. The molecule has 8 heteroatoms. The van der Waals surface area contributed by atoms with E-state index in [1.165, 1.54) is 11.3 Å². The van der Waals surface area contributed by atoms with E-state index in [9.17, 15) is 22.8 Å². The highest BCUT2D eigenvalue weighted by Crippen LogP contribution is 2.37. The Morgan fingerprint density at radius 3 is 2.67 bits per heavy atom. The molecule has 1 amide bonds. The zero-order valence-electron chi connectivity index (χ0n) is 11.2. The molecule has 0 aliphatic heterocycles. The van der Waals surface area contributed by atoms with Crippen LogP contribution in [0.4, 0.5) is 13.2 Å². The number of carboxylic acids is 1. The van der Waals surface area contributed by atoms with Crippen LogP contribution in [-0.2, 0) is 16.0 Å². The molecule has 2 rings (SSSR count). The zero-order valence-corrected chi connectivity index (χ0v) is 12.0. The number of fused-ring (bicyclic) bond motifs is 1. The van der Waals surface area contributed by atoms with Crippen LogP contribution < -0.4 is 5.32 Å². The van der Waals surface area contributed by atoms with Crippen LogP contribution in [0.1, 0.15) is 36.1 Å². The number of carbonyl (C=O) groups is 2. The number of halogens is 3. The van der Waals surface area contributed by atoms with Gasteiger partial charge < -0.3 is 10.4 Å². The Labute approximate surface area is 123 Å². The Morgan fingerprint density at radius 2 is 2.10 bits per heavy atom. The van der Waals surface area contributed by atoms with Gasteiger partial charge in [-0.05, 0) is 43.2 Å². The van der Waals surface area contributed by atoms with Crippen molar-refractivity contribution >= 4 is 23.2 Å². The Balaban J connectivity index is 2.25. The predicted molar refractivity (Wildman–Crippen MR) is 70.2 cm³/mol. The van der Waals surface area contributed by atoms with Gasteiger partial charge in [-0.1, -0.05) is 0 Å². The monoisotopic (exact) mass is 321 g/mol. The van der Waals surface area contributed by atoms with Gasteiger partial charge in [-0.15, -0.1) is 11.3 Å². The van der Waals surface area contributed by atoms with E-state index in [1.807, 2.05) is 0 Å². The molecule has 2 N–H and O–H groups in total. The Kier molecular flexibility index (Phi) is 4.01. The van der Waals surface area contributed by atoms with Crippen LogP contribution in [0.15, 0.2) is 11.4 Å². The summed E-state index contributed by atoms with van der Waals surface area (Å²) in [6.07, 6.45) is -3.16. The maximum absolute atomic E-state index is 12.9. The van der Waals surface area contributed by atoms with Gasteiger partial charge >= 0.3 is 12.1 Å². The van der Waals surface area contributed by atoms with Crippen LogP contribution in [0, 0.1) is 0 Å². The Hall–Kier alpha value is -1.57. The topological polar surface area (TPSA) is 66.4 Å². The fourth-order valence-corrected chi connectivity index (χ4v) is 3.33. The van der Waals surface area contributed by atoms with E-state index in [1.54, 1.807) is 16.8 Å². The molecule has 0 saturated carbocycles. The molecule has 0 bridgehead atoms. The first-order valence-corrected chi connectivity index (χ1v) is 7.23. The molecule has 0 spiro atoms. The van der Waals surface area contributed by atoms with Crippen molar-refractivity contribution in [2.75, 3.05) is 0 Å². The molecular weight excluding hydrogens is 307 g/mol. The third-order valence-corrected chi connectivity index (χ3v) is 4.73. The fraction of sp³-hybridized carbons (Fsp3) is 0.538. The number of aryl methyl sites for hydroxylation is 1. The number of rotatable bonds is 3. The first-order chi connectivity index (χ1) is 9.67. The summed E-state index contributed by atoms with van der Waals surface area (Å²) < 4.78 is 38.8. The van der Waals surface area contributed by atoms with Crippen molar-refractivity contribution in [2.24, 2.45) is 0 Å². The second-order valence-corrected chi connectivity index (χ2v) is 6.16. The van der Waals surface area contributed by atoms with E-state index >= 15 is 0 Å². The van der Waals surface area contributed by atoms with Crippen molar-refractivity contribution in [3.8, 4) is 0 Å². The summed E-state index contributed by atoms with van der Waals surface area (Å²) in [7, 11) is 0. The highest BCUT2D eigenvalue weighted by molar-refractivity contribution is 7.10. The number of carboxylic acid groups (broad SMARTS) is 1. The lowest BCUT2D eigenvalue weighted by Gasteiger charge is -2.31. The minimum absolute atomic E-state index is 0.420. The second-order valence-electron chi connectivity index (χ2n) is 5.16. The van der Waals surface area contributed by atoms with Crippen LogP contribution in [0.3, 0.4) is 0 Å². The molecular formula is C13H14F3NO3S. The lowest BCUT2D eigenvalue weighted by atomic mass is 9.86. The van der Waals surface area contributed by atoms with E-state index in [0.29, 0.717) is 25.3 Å². The fourth-order valence-electron chi connectivity index (χ4n) is 2.34. The quantitative estimate of drug-likeness (QED) is 0.899. The van der Waals surface area contributed by atoms with Crippen molar-refractivity contribution in [2.45, 2.75) is 43.8 Å². The number of thiophene rings is 1. The largest absolute Gasteiger partial charge is 0.479 e. The maximum Gasteiger partial charge on any atom is 0.422 e. The molecule has 1 aromatic heterocycles.